The van der Waals surface area contributed by atoms with Gasteiger partial charge < -0.3 is 9.84 Å². The maximum atomic E-state index is 4.67. The summed E-state index contributed by atoms with van der Waals surface area (Å²) in [5.41, 5.74) is 1.36. The van der Waals surface area contributed by atoms with Crippen molar-refractivity contribution in [2.24, 2.45) is 0 Å². The van der Waals surface area contributed by atoms with Gasteiger partial charge in [0.1, 0.15) is 5.82 Å². The molecule has 2 rings (SSSR count). The number of pyridine rings is 1. The summed E-state index contributed by atoms with van der Waals surface area (Å²) in [4.78, 5) is 8.34. The molecule has 0 saturated heterocycles. The summed E-state index contributed by atoms with van der Waals surface area (Å²) in [6.45, 7) is 7.26. The number of nitrogens with zero attached hydrogens (tertiary/aromatic N) is 3. The predicted octanol–water partition coefficient (Wildman–Crippen LogP) is 2.42. The zero-order valence-corrected chi connectivity index (χ0v) is 11.0. The van der Waals surface area contributed by atoms with Crippen molar-refractivity contribution in [1.82, 2.24) is 15.1 Å². The van der Waals surface area contributed by atoms with Gasteiger partial charge in [-0.2, -0.15) is 4.98 Å². The molecule has 0 aromatic carbocycles. The van der Waals surface area contributed by atoms with E-state index >= 15 is 0 Å². The minimum absolute atomic E-state index is 0.135. The Morgan fingerprint density at radius 1 is 1.22 bits per heavy atom. The molecule has 0 saturated carbocycles. The molecule has 5 nitrogen and oxygen atoms in total. The summed E-state index contributed by atoms with van der Waals surface area (Å²) in [5.74, 6) is 1.57. The molecule has 0 aliphatic carbocycles. The van der Waals surface area contributed by atoms with Crippen molar-refractivity contribution in [3.05, 3.63) is 36.1 Å². The molecule has 5 heteroatoms. The molecule has 96 valence electrons. The first kappa shape index (κ1) is 12.5. The molecule has 0 aliphatic heterocycles. The second-order valence-electron chi connectivity index (χ2n) is 5.21. The normalized spacial score (nSPS) is 11.5. The van der Waals surface area contributed by atoms with Crippen LogP contribution in [-0.4, -0.2) is 21.7 Å². The zero-order valence-electron chi connectivity index (χ0n) is 11.0. The van der Waals surface area contributed by atoms with E-state index in [-0.39, 0.29) is 5.41 Å². The van der Waals surface area contributed by atoms with E-state index < -0.39 is 0 Å². The lowest BCUT2D eigenvalue weighted by Crippen LogP contribution is -2.12. The highest BCUT2D eigenvalue weighted by molar-refractivity contribution is 5.37. The van der Waals surface area contributed by atoms with Gasteiger partial charge in [0.15, 0.2) is 5.82 Å². The van der Waals surface area contributed by atoms with Gasteiger partial charge in [0.25, 0.3) is 0 Å². The monoisotopic (exact) mass is 246 g/mol. The molecule has 0 bridgehead atoms. The maximum Gasteiger partial charge on any atom is 0.213 e. The van der Waals surface area contributed by atoms with Crippen LogP contribution >= 0.6 is 0 Å². The van der Waals surface area contributed by atoms with Gasteiger partial charge in [0, 0.05) is 19.2 Å². The van der Waals surface area contributed by atoms with Crippen LogP contribution in [0.15, 0.2) is 29.2 Å². The molecule has 0 unspecified atom stereocenters. The van der Waals surface area contributed by atoms with Crippen molar-refractivity contribution in [3.63, 3.8) is 0 Å². The number of aromatic nitrogens is 3. The van der Waals surface area contributed by atoms with E-state index in [1.54, 1.807) is 0 Å². The quantitative estimate of drug-likeness (QED) is 0.897. The highest BCUT2D eigenvalue weighted by Gasteiger charge is 2.13. The molecule has 0 fully saturated rings. The lowest BCUT2D eigenvalue weighted by atomic mass is 9.88. The fourth-order valence-electron chi connectivity index (χ4n) is 1.55. The minimum Gasteiger partial charge on any atom is -0.370 e. The third-order valence-electron chi connectivity index (χ3n) is 2.69. The van der Waals surface area contributed by atoms with Crippen molar-refractivity contribution in [1.29, 1.82) is 0 Å². The standard InChI is InChI=1S/C13H18N4O/c1-13(2,3)10-4-5-11(15-8-10)14-7-6-12-16-9-18-17-12/h4-5,8-9H,6-7H2,1-3H3,(H,14,15). The van der Waals surface area contributed by atoms with Crippen molar-refractivity contribution in [3.8, 4) is 0 Å². The van der Waals surface area contributed by atoms with Gasteiger partial charge in [0.05, 0.1) is 0 Å². The summed E-state index contributed by atoms with van der Waals surface area (Å²) in [6.07, 6.45) is 3.97. The van der Waals surface area contributed by atoms with E-state index in [2.05, 4.69) is 51.8 Å². The fourth-order valence-corrected chi connectivity index (χ4v) is 1.55. The molecule has 0 amide bonds. The van der Waals surface area contributed by atoms with Crippen LogP contribution in [0.4, 0.5) is 5.82 Å². The molecule has 2 heterocycles. The van der Waals surface area contributed by atoms with E-state index in [1.165, 1.54) is 12.0 Å². The van der Waals surface area contributed by atoms with E-state index in [0.717, 1.165) is 18.8 Å². The second kappa shape index (κ2) is 5.16. The molecule has 18 heavy (non-hydrogen) atoms. The van der Waals surface area contributed by atoms with Crippen LogP contribution in [-0.2, 0) is 11.8 Å². The van der Waals surface area contributed by atoms with Gasteiger partial charge in [-0.25, -0.2) is 4.98 Å². The fraction of sp³-hybridized carbons (Fsp3) is 0.462. The summed E-state index contributed by atoms with van der Waals surface area (Å²) in [7, 11) is 0. The summed E-state index contributed by atoms with van der Waals surface area (Å²) < 4.78 is 4.67. The van der Waals surface area contributed by atoms with Crippen LogP contribution in [0.5, 0.6) is 0 Å². The van der Waals surface area contributed by atoms with Crippen LogP contribution in [0.2, 0.25) is 0 Å². The molecular formula is C13H18N4O. The molecule has 1 N–H and O–H groups in total. The third kappa shape index (κ3) is 3.29. The number of nitrogens with one attached hydrogen (secondary N) is 1. The molecular weight excluding hydrogens is 228 g/mol. The molecule has 0 radical (unpaired) electrons. The Kier molecular flexibility index (Phi) is 3.60. The Morgan fingerprint density at radius 3 is 2.61 bits per heavy atom. The second-order valence-corrected chi connectivity index (χ2v) is 5.21. The van der Waals surface area contributed by atoms with Gasteiger partial charge in [-0.1, -0.05) is 32.0 Å². The predicted molar refractivity (Wildman–Crippen MR) is 69.4 cm³/mol. The lowest BCUT2D eigenvalue weighted by Gasteiger charge is -2.18. The smallest absolute Gasteiger partial charge is 0.213 e. The van der Waals surface area contributed by atoms with Gasteiger partial charge in [-0.15, -0.1) is 0 Å². The highest BCUT2D eigenvalue weighted by Crippen LogP contribution is 2.21. The zero-order chi connectivity index (χ0) is 13.0. The van der Waals surface area contributed by atoms with E-state index in [4.69, 9.17) is 0 Å². The van der Waals surface area contributed by atoms with Crippen LogP contribution in [0.1, 0.15) is 32.2 Å². The van der Waals surface area contributed by atoms with Gasteiger partial charge >= 0.3 is 0 Å². The molecule has 0 spiro atoms. The van der Waals surface area contributed by atoms with E-state index in [1.807, 2.05) is 12.3 Å². The SMILES string of the molecule is CC(C)(C)c1ccc(NCCc2ncon2)nc1. The third-order valence-corrected chi connectivity index (χ3v) is 2.69. The van der Waals surface area contributed by atoms with Crippen molar-refractivity contribution in [2.45, 2.75) is 32.6 Å². The first-order valence-corrected chi connectivity index (χ1v) is 6.01. The van der Waals surface area contributed by atoms with Crippen LogP contribution in [0.25, 0.3) is 0 Å². The molecule has 0 aliphatic rings. The van der Waals surface area contributed by atoms with Crippen LogP contribution in [0.3, 0.4) is 0 Å². The minimum atomic E-state index is 0.135. The molecule has 0 atom stereocenters. The molecule has 2 aromatic heterocycles. The Bertz CT molecular complexity index is 471. The van der Waals surface area contributed by atoms with Crippen LogP contribution < -0.4 is 5.32 Å². The topological polar surface area (TPSA) is 63.8 Å². The Hall–Kier alpha value is -1.91. The van der Waals surface area contributed by atoms with Crippen molar-refractivity contribution in [2.75, 3.05) is 11.9 Å². The average Bonchev–Trinajstić information content (AvgIpc) is 2.82. The van der Waals surface area contributed by atoms with Gasteiger partial charge in [-0.3, -0.25) is 0 Å². The Morgan fingerprint density at radius 2 is 2.06 bits per heavy atom. The summed E-state index contributed by atoms with van der Waals surface area (Å²) in [6, 6.07) is 4.10. The van der Waals surface area contributed by atoms with E-state index in [0.29, 0.717) is 5.82 Å². The number of anilines is 1. The first-order chi connectivity index (χ1) is 8.55. The number of rotatable bonds is 4. The largest absolute Gasteiger partial charge is 0.370 e. The van der Waals surface area contributed by atoms with Gasteiger partial charge in [-0.05, 0) is 17.0 Å². The Balaban J connectivity index is 1.87. The van der Waals surface area contributed by atoms with Crippen molar-refractivity contribution >= 4 is 5.82 Å². The maximum absolute atomic E-state index is 4.67. The van der Waals surface area contributed by atoms with Crippen molar-refractivity contribution < 1.29 is 4.52 Å². The summed E-state index contributed by atoms with van der Waals surface area (Å²) >= 11 is 0. The van der Waals surface area contributed by atoms with Crippen LogP contribution in [0, 0.1) is 0 Å². The Labute approximate surface area is 107 Å². The van der Waals surface area contributed by atoms with E-state index in [9.17, 15) is 0 Å². The summed E-state index contributed by atoms with van der Waals surface area (Å²) in [5, 5.41) is 6.98. The lowest BCUT2D eigenvalue weighted by molar-refractivity contribution is 0.410. The highest BCUT2D eigenvalue weighted by atomic mass is 16.5. The first-order valence-electron chi connectivity index (χ1n) is 6.01. The number of hydrogen-bond acceptors (Lipinski definition) is 5. The van der Waals surface area contributed by atoms with Gasteiger partial charge in [0.2, 0.25) is 6.39 Å². The average molecular weight is 246 g/mol. The molecule has 2 aromatic rings. The number of hydrogen-bond donors (Lipinski definition) is 1.